The van der Waals surface area contributed by atoms with Gasteiger partial charge in [0.15, 0.2) is 10.9 Å². The molecule has 17 heavy (non-hydrogen) atoms. The van der Waals surface area contributed by atoms with E-state index >= 15 is 0 Å². The zero-order chi connectivity index (χ0) is 12.3. The van der Waals surface area contributed by atoms with Crippen LogP contribution < -0.4 is 15.8 Å². The lowest BCUT2D eigenvalue weighted by atomic mass is 10.3. The molecular formula is C11H10N4OS. The summed E-state index contributed by atoms with van der Waals surface area (Å²) in [5.74, 6) is 1.04. The summed E-state index contributed by atoms with van der Waals surface area (Å²) in [5.41, 5.74) is 6.43. The average molecular weight is 246 g/mol. The number of thiazole rings is 1. The Labute approximate surface area is 102 Å². The van der Waals surface area contributed by atoms with E-state index in [1.54, 1.807) is 7.11 Å². The van der Waals surface area contributed by atoms with Gasteiger partial charge in [-0.1, -0.05) is 11.3 Å². The van der Waals surface area contributed by atoms with Crippen LogP contribution in [-0.4, -0.2) is 12.1 Å². The van der Waals surface area contributed by atoms with Crippen LogP contribution in [-0.2, 0) is 0 Å². The molecule has 86 valence electrons. The van der Waals surface area contributed by atoms with Gasteiger partial charge in [-0.15, -0.1) is 0 Å². The molecule has 1 heterocycles. The van der Waals surface area contributed by atoms with Gasteiger partial charge in [-0.3, -0.25) is 0 Å². The van der Waals surface area contributed by atoms with Crippen LogP contribution in [0, 0.1) is 11.3 Å². The first-order valence-corrected chi connectivity index (χ1v) is 5.62. The van der Waals surface area contributed by atoms with E-state index < -0.39 is 0 Å². The van der Waals surface area contributed by atoms with Gasteiger partial charge in [-0.05, 0) is 24.3 Å². The molecule has 0 aliphatic rings. The Hall–Kier alpha value is -2.26. The standard InChI is InChI=1S/C11H10N4OS/c1-16-8-4-2-7(3-5-8)14-11-15-10(13)9(6-12)17-11/h2-5H,13H2,1H3,(H,14,15). The second kappa shape index (κ2) is 4.72. The van der Waals surface area contributed by atoms with E-state index in [1.165, 1.54) is 11.3 Å². The third-order valence-corrected chi connectivity index (χ3v) is 2.99. The first-order valence-electron chi connectivity index (χ1n) is 4.80. The Kier molecular flexibility index (Phi) is 3.12. The van der Waals surface area contributed by atoms with Crippen molar-refractivity contribution in [3.8, 4) is 11.8 Å². The van der Waals surface area contributed by atoms with Crippen LogP contribution in [0.2, 0.25) is 0 Å². The molecule has 0 unspecified atom stereocenters. The van der Waals surface area contributed by atoms with E-state index in [9.17, 15) is 0 Å². The lowest BCUT2D eigenvalue weighted by Gasteiger charge is -2.03. The first kappa shape index (κ1) is 11.2. The number of hydrogen-bond donors (Lipinski definition) is 2. The summed E-state index contributed by atoms with van der Waals surface area (Å²) in [6, 6.07) is 9.39. The Bertz CT molecular complexity index is 556. The van der Waals surface area contributed by atoms with Crippen LogP contribution in [0.3, 0.4) is 0 Å². The average Bonchev–Trinajstić information content (AvgIpc) is 2.70. The number of methoxy groups -OCH3 is 1. The number of anilines is 3. The molecule has 3 N–H and O–H groups in total. The van der Waals surface area contributed by atoms with Gasteiger partial charge < -0.3 is 15.8 Å². The highest BCUT2D eigenvalue weighted by Gasteiger charge is 2.07. The third-order valence-electron chi connectivity index (χ3n) is 2.10. The van der Waals surface area contributed by atoms with Gasteiger partial charge in [-0.2, -0.15) is 5.26 Å². The monoisotopic (exact) mass is 246 g/mol. The second-order valence-electron chi connectivity index (χ2n) is 3.20. The predicted octanol–water partition coefficient (Wildman–Crippen LogP) is 2.35. The molecule has 0 fully saturated rings. The Morgan fingerprint density at radius 2 is 2.12 bits per heavy atom. The van der Waals surface area contributed by atoms with Gasteiger partial charge in [0.1, 0.15) is 16.7 Å². The van der Waals surface area contributed by atoms with Crippen LogP contribution in [0.4, 0.5) is 16.6 Å². The van der Waals surface area contributed by atoms with Crippen molar-refractivity contribution in [1.29, 1.82) is 5.26 Å². The van der Waals surface area contributed by atoms with Crippen molar-refractivity contribution in [1.82, 2.24) is 4.98 Å². The maximum atomic E-state index is 8.76. The third kappa shape index (κ3) is 2.46. The maximum Gasteiger partial charge on any atom is 0.190 e. The molecule has 0 atom stereocenters. The number of benzene rings is 1. The molecule has 1 aromatic heterocycles. The number of ether oxygens (including phenoxy) is 1. The van der Waals surface area contributed by atoms with Gasteiger partial charge in [0.05, 0.1) is 7.11 Å². The fourth-order valence-electron chi connectivity index (χ4n) is 1.26. The molecule has 0 aliphatic heterocycles. The predicted molar refractivity (Wildman–Crippen MR) is 67.5 cm³/mol. The second-order valence-corrected chi connectivity index (χ2v) is 4.20. The molecule has 0 saturated carbocycles. The van der Waals surface area contributed by atoms with Gasteiger partial charge in [0.2, 0.25) is 0 Å². The molecular weight excluding hydrogens is 236 g/mol. The summed E-state index contributed by atoms with van der Waals surface area (Å²) in [6.07, 6.45) is 0. The quantitative estimate of drug-likeness (QED) is 0.868. The molecule has 5 nitrogen and oxygen atoms in total. The van der Waals surface area contributed by atoms with E-state index in [2.05, 4.69) is 10.3 Å². The summed E-state index contributed by atoms with van der Waals surface area (Å²) in [7, 11) is 1.61. The smallest absolute Gasteiger partial charge is 0.190 e. The van der Waals surface area contributed by atoms with Gasteiger partial charge >= 0.3 is 0 Å². The lowest BCUT2D eigenvalue weighted by Crippen LogP contribution is -1.91. The highest BCUT2D eigenvalue weighted by molar-refractivity contribution is 7.16. The number of nitrogens with one attached hydrogen (secondary N) is 1. The Morgan fingerprint density at radius 1 is 1.41 bits per heavy atom. The molecule has 0 amide bonds. The van der Waals surface area contributed by atoms with E-state index in [-0.39, 0.29) is 5.82 Å². The van der Waals surface area contributed by atoms with E-state index in [0.29, 0.717) is 10.0 Å². The summed E-state index contributed by atoms with van der Waals surface area (Å²) in [4.78, 5) is 4.47. The summed E-state index contributed by atoms with van der Waals surface area (Å²) >= 11 is 1.22. The number of nitrogens with two attached hydrogens (primary N) is 1. The van der Waals surface area contributed by atoms with Crippen LogP contribution in [0.5, 0.6) is 5.75 Å². The zero-order valence-corrected chi connectivity index (χ0v) is 9.91. The fraction of sp³-hybridized carbons (Fsp3) is 0.0909. The Morgan fingerprint density at radius 3 is 2.65 bits per heavy atom. The summed E-state index contributed by atoms with van der Waals surface area (Å²) in [5, 5.41) is 12.4. The molecule has 2 rings (SSSR count). The molecule has 2 aromatic rings. The van der Waals surface area contributed by atoms with Crippen molar-refractivity contribution < 1.29 is 4.74 Å². The van der Waals surface area contributed by atoms with Gasteiger partial charge in [0, 0.05) is 5.69 Å². The highest BCUT2D eigenvalue weighted by Crippen LogP contribution is 2.27. The SMILES string of the molecule is COc1ccc(Nc2nc(N)c(C#N)s2)cc1. The molecule has 0 aliphatic carbocycles. The lowest BCUT2D eigenvalue weighted by molar-refractivity contribution is 0.415. The van der Waals surface area contributed by atoms with Crippen LogP contribution >= 0.6 is 11.3 Å². The van der Waals surface area contributed by atoms with E-state index in [0.717, 1.165) is 11.4 Å². The van der Waals surface area contributed by atoms with Crippen molar-refractivity contribution in [3.63, 3.8) is 0 Å². The molecule has 6 heteroatoms. The maximum absolute atomic E-state index is 8.76. The fourth-order valence-corrected chi connectivity index (χ4v) is 1.97. The minimum absolute atomic E-state index is 0.258. The highest BCUT2D eigenvalue weighted by atomic mass is 32.1. The number of hydrogen-bond acceptors (Lipinski definition) is 6. The van der Waals surface area contributed by atoms with Crippen molar-refractivity contribution in [2.75, 3.05) is 18.2 Å². The van der Waals surface area contributed by atoms with Crippen LogP contribution in [0.1, 0.15) is 4.88 Å². The summed E-state index contributed by atoms with van der Waals surface area (Å²) < 4.78 is 5.06. The topological polar surface area (TPSA) is 84.0 Å². The number of rotatable bonds is 3. The summed E-state index contributed by atoms with van der Waals surface area (Å²) in [6.45, 7) is 0. The number of nitriles is 1. The molecule has 0 bridgehead atoms. The van der Waals surface area contributed by atoms with E-state index in [4.69, 9.17) is 15.7 Å². The van der Waals surface area contributed by atoms with Crippen LogP contribution in [0.25, 0.3) is 0 Å². The number of nitrogens with zero attached hydrogens (tertiary/aromatic N) is 2. The van der Waals surface area contributed by atoms with E-state index in [1.807, 2.05) is 30.3 Å². The van der Waals surface area contributed by atoms with Crippen molar-refractivity contribution in [2.24, 2.45) is 0 Å². The number of aromatic nitrogens is 1. The largest absolute Gasteiger partial charge is 0.497 e. The van der Waals surface area contributed by atoms with Gasteiger partial charge in [-0.25, -0.2) is 4.98 Å². The number of nitrogen functional groups attached to an aromatic ring is 1. The molecule has 0 radical (unpaired) electrons. The first-order chi connectivity index (χ1) is 8.22. The van der Waals surface area contributed by atoms with Crippen LogP contribution in [0.15, 0.2) is 24.3 Å². The zero-order valence-electron chi connectivity index (χ0n) is 9.10. The minimum atomic E-state index is 0.258. The van der Waals surface area contributed by atoms with Crippen molar-refractivity contribution >= 4 is 28.0 Å². The molecule has 0 spiro atoms. The van der Waals surface area contributed by atoms with Crippen molar-refractivity contribution in [2.45, 2.75) is 0 Å². The Balaban J connectivity index is 2.17. The van der Waals surface area contributed by atoms with Gasteiger partial charge in [0.25, 0.3) is 0 Å². The minimum Gasteiger partial charge on any atom is -0.497 e. The normalized spacial score (nSPS) is 9.65. The van der Waals surface area contributed by atoms with Crippen molar-refractivity contribution in [3.05, 3.63) is 29.1 Å². The molecule has 0 saturated heterocycles. The molecule has 1 aromatic carbocycles.